The van der Waals surface area contributed by atoms with E-state index in [-0.39, 0.29) is 23.8 Å². The minimum absolute atomic E-state index is 0.0461. The van der Waals surface area contributed by atoms with Gasteiger partial charge in [0.15, 0.2) is 18.1 Å². The fourth-order valence-electron chi connectivity index (χ4n) is 2.91. The highest BCUT2D eigenvalue weighted by Crippen LogP contribution is 2.37. The molecule has 34 heavy (non-hydrogen) atoms. The van der Waals surface area contributed by atoms with Gasteiger partial charge in [-0.1, -0.05) is 0 Å². The van der Waals surface area contributed by atoms with Gasteiger partial charge in [-0.25, -0.2) is 14.1 Å². The van der Waals surface area contributed by atoms with E-state index in [0.29, 0.717) is 15.7 Å². The molecule has 0 spiro atoms. The van der Waals surface area contributed by atoms with Crippen LogP contribution in [0.25, 0.3) is 6.08 Å². The predicted molar refractivity (Wildman–Crippen MR) is 121 cm³/mol. The number of benzene rings is 2. The van der Waals surface area contributed by atoms with Gasteiger partial charge in [0.25, 0.3) is 11.8 Å². The van der Waals surface area contributed by atoms with Gasteiger partial charge in [-0.05, 0) is 64.0 Å². The molecule has 1 aliphatic rings. The lowest BCUT2D eigenvalue weighted by atomic mass is 10.1. The molecular formula is C22H19BrFN3O7. The van der Waals surface area contributed by atoms with Crippen LogP contribution in [0.4, 0.5) is 14.9 Å². The quantitative estimate of drug-likeness (QED) is 0.302. The van der Waals surface area contributed by atoms with Crippen molar-refractivity contribution >= 4 is 51.5 Å². The third kappa shape index (κ3) is 5.90. The van der Waals surface area contributed by atoms with Crippen molar-refractivity contribution in [3.63, 3.8) is 0 Å². The third-order valence-corrected chi connectivity index (χ3v) is 5.10. The molecule has 2 aromatic carbocycles. The predicted octanol–water partition coefficient (Wildman–Crippen LogP) is 2.68. The molecule has 1 saturated heterocycles. The Morgan fingerprint density at radius 2 is 1.88 bits per heavy atom. The molecule has 2 N–H and O–H groups in total. The molecule has 0 unspecified atom stereocenters. The summed E-state index contributed by atoms with van der Waals surface area (Å²) >= 11 is 3.34. The number of ether oxygens (including phenoxy) is 3. The van der Waals surface area contributed by atoms with Gasteiger partial charge in [0, 0.05) is 5.69 Å². The summed E-state index contributed by atoms with van der Waals surface area (Å²) in [5, 5.41) is 4.97. The lowest BCUT2D eigenvalue weighted by Crippen LogP contribution is -2.36. The summed E-state index contributed by atoms with van der Waals surface area (Å²) in [4.78, 5) is 48.8. The van der Waals surface area contributed by atoms with E-state index in [1.165, 1.54) is 43.5 Å². The molecule has 1 fully saturated rings. The maximum atomic E-state index is 13.0. The van der Waals surface area contributed by atoms with E-state index in [1.54, 1.807) is 6.07 Å². The number of hydrogen-bond acceptors (Lipinski definition) is 7. The lowest BCUT2D eigenvalue weighted by molar-refractivity contribution is -0.143. The van der Waals surface area contributed by atoms with Crippen LogP contribution >= 0.6 is 15.9 Å². The molecule has 1 aliphatic heterocycles. The number of methoxy groups -OCH3 is 2. The van der Waals surface area contributed by atoms with Crippen LogP contribution in [0.1, 0.15) is 5.56 Å². The zero-order valence-electron chi connectivity index (χ0n) is 18.0. The summed E-state index contributed by atoms with van der Waals surface area (Å²) in [6, 6.07) is 7.65. The van der Waals surface area contributed by atoms with Gasteiger partial charge < -0.3 is 24.8 Å². The van der Waals surface area contributed by atoms with Gasteiger partial charge in [0.1, 0.15) is 18.1 Å². The van der Waals surface area contributed by atoms with E-state index < -0.39 is 36.2 Å². The second-order valence-corrected chi connectivity index (χ2v) is 7.69. The van der Waals surface area contributed by atoms with Gasteiger partial charge in [-0.3, -0.25) is 14.4 Å². The second kappa shape index (κ2) is 10.8. The van der Waals surface area contributed by atoms with Crippen molar-refractivity contribution in [2.24, 2.45) is 0 Å². The number of anilines is 1. The first kappa shape index (κ1) is 24.7. The summed E-state index contributed by atoms with van der Waals surface area (Å²) in [6.45, 7) is -0.873. The maximum Gasteiger partial charge on any atom is 0.329 e. The molecule has 0 aromatic heterocycles. The van der Waals surface area contributed by atoms with Crippen LogP contribution in [0.3, 0.4) is 0 Å². The van der Waals surface area contributed by atoms with Crippen LogP contribution in [-0.2, 0) is 19.1 Å². The first-order valence-corrected chi connectivity index (χ1v) is 10.5. The minimum atomic E-state index is -0.750. The Balaban J connectivity index is 1.72. The molecule has 4 amide bonds. The van der Waals surface area contributed by atoms with Gasteiger partial charge in [0.2, 0.25) is 0 Å². The van der Waals surface area contributed by atoms with E-state index in [2.05, 4.69) is 31.3 Å². The molecular weight excluding hydrogens is 517 g/mol. The maximum absolute atomic E-state index is 13.0. The Bertz CT molecular complexity index is 1170. The van der Waals surface area contributed by atoms with Crippen LogP contribution in [0.5, 0.6) is 11.5 Å². The third-order valence-electron chi connectivity index (χ3n) is 4.52. The standard InChI is InChI=1S/C22H19BrFN3O7/c1-32-17-9-12(8-16-21(30)27(22(31)26-16)10-19(29)33-2)7-15(23)20(17)34-11-18(28)25-14-5-3-13(24)4-6-14/h3-9H,10-11H2,1-2H3,(H,25,28)(H,26,31)/b16-8+. The molecule has 0 saturated carbocycles. The fraction of sp³-hybridized carbons (Fsp3) is 0.182. The van der Waals surface area contributed by atoms with Gasteiger partial charge >= 0.3 is 12.0 Å². The Morgan fingerprint density at radius 3 is 2.53 bits per heavy atom. The number of urea groups is 1. The Labute approximate surface area is 201 Å². The molecule has 0 bridgehead atoms. The smallest absolute Gasteiger partial charge is 0.329 e. The zero-order valence-corrected chi connectivity index (χ0v) is 19.6. The van der Waals surface area contributed by atoms with Crippen LogP contribution in [0.15, 0.2) is 46.6 Å². The number of carbonyl (C=O) groups is 4. The van der Waals surface area contributed by atoms with Crippen molar-refractivity contribution in [1.82, 2.24) is 10.2 Å². The van der Waals surface area contributed by atoms with Crippen molar-refractivity contribution in [2.45, 2.75) is 0 Å². The summed E-state index contributed by atoms with van der Waals surface area (Å²) in [5.41, 5.74) is 0.832. The normalized spacial score (nSPS) is 14.1. The SMILES string of the molecule is COC(=O)CN1C(=O)N/C(=C/c2cc(Br)c(OCC(=O)Nc3ccc(F)cc3)c(OC)c2)C1=O. The molecule has 0 aliphatic carbocycles. The highest BCUT2D eigenvalue weighted by Gasteiger charge is 2.35. The highest BCUT2D eigenvalue weighted by molar-refractivity contribution is 9.10. The molecule has 10 nitrogen and oxygen atoms in total. The average Bonchev–Trinajstić information content (AvgIpc) is 3.06. The number of nitrogens with one attached hydrogen (secondary N) is 2. The molecule has 3 rings (SSSR count). The Kier molecular flexibility index (Phi) is 7.84. The first-order valence-electron chi connectivity index (χ1n) is 9.69. The number of esters is 1. The number of amides is 4. The number of hydrogen-bond donors (Lipinski definition) is 2. The topological polar surface area (TPSA) is 123 Å². The highest BCUT2D eigenvalue weighted by atomic mass is 79.9. The number of imide groups is 1. The average molecular weight is 536 g/mol. The van der Waals surface area contributed by atoms with Gasteiger partial charge in [-0.2, -0.15) is 0 Å². The number of nitrogens with zero attached hydrogens (tertiary/aromatic N) is 1. The minimum Gasteiger partial charge on any atom is -0.493 e. The Hall–Kier alpha value is -3.93. The molecule has 2 aromatic rings. The van der Waals surface area contributed by atoms with Gasteiger partial charge in [-0.15, -0.1) is 0 Å². The van der Waals surface area contributed by atoms with Crippen molar-refractivity contribution in [1.29, 1.82) is 0 Å². The molecule has 178 valence electrons. The van der Waals surface area contributed by atoms with Crippen molar-refractivity contribution < 1.29 is 37.8 Å². The Morgan fingerprint density at radius 1 is 1.18 bits per heavy atom. The molecule has 1 heterocycles. The first-order chi connectivity index (χ1) is 16.2. The van der Waals surface area contributed by atoms with Crippen LogP contribution in [-0.4, -0.2) is 56.1 Å². The number of rotatable bonds is 8. The summed E-state index contributed by atoms with van der Waals surface area (Å²) < 4.78 is 28.8. The number of carbonyl (C=O) groups excluding carboxylic acids is 4. The number of halogens is 2. The molecule has 0 atom stereocenters. The summed E-state index contributed by atoms with van der Waals surface area (Å²) in [6.07, 6.45) is 1.40. The van der Waals surface area contributed by atoms with E-state index in [4.69, 9.17) is 9.47 Å². The van der Waals surface area contributed by atoms with Crippen molar-refractivity contribution in [3.05, 3.63) is 57.9 Å². The molecule has 0 radical (unpaired) electrons. The monoisotopic (exact) mass is 535 g/mol. The summed E-state index contributed by atoms with van der Waals surface area (Å²) in [5.74, 6) is -1.85. The van der Waals surface area contributed by atoms with E-state index in [1.807, 2.05) is 0 Å². The van der Waals surface area contributed by atoms with E-state index in [9.17, 15) is 23.6 Å². The largest absolute Gasteiger partial charge is 0.493 e. The second-order valence-electron chi connectivity index (χ2n) is 6.83. The van der Waals surface area contributed by atoms with Crippen molar-refractivity contribution in [3.8, 4) is 11.5 Å². The van der Waals surface area contributed by atoms with Crippen LogP contribution in [0.2, 0.25) is 0 Å². The molecule has 12 heteroatoms. The van der Waals surface area contributed by atoms with Crippen molar-refractivity contribution in [2.75, 3.05) is 32.7 Å². The van der Waals surface area contributed by atoms with Crippen LogP contribution < -0.4 is 20.1 Å². The zero-order chi connectivity index (χ0) is 24.8. The summed E-state index contributed by atoms with van der Waals surface area (Å²) in [7, 11) is 2.54. The van der Waals surface area contributed by atoms with Gasteiger partial charge in [0.05, 0.1) is 18.7 Å². The van der Waals surface area contributed by atoms with E-state index >= 15 is 0 Å². The lowest BCUT2D eigenvalue weighted by Gasteiger charge is -2.14. The van der Waals surface area contributed by atoms with Crippen LogP contribution in [0, 0.1) is 5.82 Å². The fourth-order valence-corrected chi connectivity index (χ4v) is 3.48. The van der Waals surface area contributed by atoms with E-state index in [0.717, 1.165) is 12.0 Å².